The van der Waals surface area contributed by atoms with E-state index in [1.165, 1.54) is 11.7 Å². The molecule has 0 spiro atoms. The molecule has 32 valence electrons. The van der Waals surface area contributed by atoms with E-state index in [1.807, 2.05) is 0 Å². The van der Waals surface area contributed by atoms with E-state index in [2.05, 4.69) is 28.5 Å². The first-order valence-corrected chi connectivity index (χ1v) is 6.97. The van der Waals surface area contributed by atoms with Crippen molar-refractivity contribution in [2.24, 2.45) is 0 Å². The molecule has 0 N–H and O–H groups in total. The Labute approximate surface area is 45.5 Å². The van der Waals surface area contributed by atoms with Crippen LogP contribution in [0.5, 0.6) is 0 Å². The first-order valence-electron chi connectivity index (χ1n) is 1.02. The zero-order valence-electron chi connectivity index (χ0n) is 2.21. The van der Waals surface area contributed by atoms with Crippen molar-refractivity contribution in [2.75, 3.05) is 0 Å². The van der Waals surface area contributed by atoms with Crippen molar-refractivity contribution in [2.45, 2.75) is 0 Å². The molecule has 1 aliphatic rings. The Balaban J connectivity index is 2.38. The fraction of sp³-hybridized carbons (Fsp3) is 0. The van der Waals surface area contributed by atoms with E-state index < -0.39 is 5.10 Å². The molecular weight excluding hydrogens is 143 g/mol. The molecule has 1 heterocycles. The molecule has 1 nitrogen and oxygen atoms in total. The van der Waals surface area contributed by atoms with E-state index in [9.17, 15) is 0 Å². The molecule has 0 aromatic rings. The second kappa shape index (κ2) is 1.20. The monoisotopic (exact) mass is 146 g/mol. The Morgan fingerprint density at radius 2 is 1.80 bits per heavy atom. The fourth-order valence-corrected chi connectivity index (χ4v) is 3.02. The molecular formula is H3OPS3. The van der Waals surface area contributed by atoms with Crippen LogP contribution in [0.2, 0.25) is 0 Å². The summed E-state index contributed by atoms with van der Waals surface area (Å²) in [7, 11) is 0. The van der Waals surface area contributed by atoms with E-state index in [0.717, 1.165) is 0 Å². The Morgan fingerprint density at radius 3 is 1.80 bits per heavy atom. The summed E-state index contributed by atoms with van der Waals surface area (Å²) in [6.07, 6.45) is 0. The van der Waals surface area contributed by atoms with Crippen molar-refractivity contribution in [1.82, 2.24) is 0 Å². The van der Waals surface area contributed by atoms with Crippen molar-refractivity contribution < 1.29 is 3.97 Å². The van der Waals surface area contributed by atoms with Gasteiger partial charge in [-0.2, -0.15) is 0 Å². The molecule has 0 aromatic heterocycles. The third-order valence-electron chi connectivity index (χ3n) is 0.232. The Morgan fingerprint density at radius 1 is 1.60 bits per heavy atom. The molecule has 0 bridgehead atoms. The van der Waals surface area contributed by atoms with Gasteiger partial charge in [-0.3, -0.25) is 0 Å². The molecule has 5 heteroatoms. The normalized spacial score (nSPS) is 36.4. The van der Waals surface area contributed by atoms with Crippen LogP contribution in [0, 0.1) is 0 Å². The second-order valence-corrected chi connectivity index (χ2v) is 11.5. The molecule has 0 amide bonds. The van der Waals surface area contributed by atoms with Crippen LogP contribution in [-0.4, -0.2) is 0 Å². The van der Waals surface area contributed by atoms with Gasteiger partial charge in [-0.05, 0) is 0 Å². The zero-order valence-corrected chi connectivity index (χ0v) is 5.82. The van der Waals surface area contributed by atoms with Crippen molar-refractivity contribution in [3.63, 3.8) is 0 Å². The van der Waals surface area contributed by atoms with E-state index >= 15 is 0 Å². The molecule has 0 atom stereocenters. The van der Waals surface area contributed by atoms with Gasteiger partial charge in [-0.15, -0.1) is 0 Å². The summed E-state index contributed by atoms with van der Waals surface area (Å²) < 4.78 is 4.68. The Bertz CT molecular complexity index is 44.9. The van der Waals surface area contributed by atoms with Crippen LogP contribution in [0.4, 0.5) is 0 Å². The zero-order chi connectivity index (χ0) is 3.91. The Hall–Kier alpha value is 1.44. The second-order valence-electron chi connectivity index (χ2n) is 0.715. The van der Waals surface area contributed by atoms with E-state index in [0.29, 0.717) is 0 Å². The first kappa shape index (κ1) is 4.60. The average Bonchev–Trinajstić information content (AvgIpc) is 1.76. The van der Waals surface area contributed by atoms with Crippen molar-refractivity contribution in [3.05, 3.63) is 0 Å². The first-order chi connectivity index (χ1) is 2.21. The molecule has 1 fully saturated rings. The minimum absolute atomic E-state index is 1.39. The van der Waals surface area contributed by atoms with Crippen LogP contribution in [0.3, 0.4) is 0 Å². The van der Waals surface area contributed by atoms with Gasteiger partial charge in [-0.25, -0.2) is 0 Å². The van der Waals surface area contributed by atoms with Crippen molar-refractivity contribution >= 4 is 41.3 Å². The Kier molecular flexibility index (Phi) is 1.11. The molecule has 0 aromatic carbocycles. The summed E-state index contributed by atoms with van der Waals surface area (Å²) >= 11 is 9.35. The topological polar surface area (TPSA) is 12.5 Å². The van der Waals surface area contributed by atoms with Gasteiger partial charge in [0.05, 0.1) is 0 Å². The van der Waals surface area contributed by atoms with E-state index in [1.54, 1.807) is 0 Å². The maximum absolute atomic E-state index is 4.68. The number of rotatable bonds is 0. The molecule has 1 saturated heterocycles. The van der Waals surface area contributed by atoms with Crippen molar-refractivity contribution in [3.8, 4) is 0 Å². The SMILES string of the molecule is S[PH]1(S)OS1. The summed E-state index contributed by atoms with van der Waals surface area (Å²) in [5.74, 6) is 0. The number of hydrogen-bond donors (Lipinski definition) is 2. The average molecular weight is 146 g/mol. The van der Waals surface area contributed by atoms with Crippen LogP contribution in [0.1, 0.15) is 0 Å². The van der Waals surface area contributed by atoms with E-state index in [-0.39, 0.29) is 0 Å². The van der Waals surface area contributed by atoms with Gasteiger partial charge in [0, 0.05) is 0 Å². The molecule has 0 radical (unpaired) electrons. The van der Waals surface area contributed by atoms with Gasteiger partial charge in [0.1, 0.15) is 0 Å². The quantitative estimate of drug-likeness (QED) is 0.234. The summed E-state index contributed by atoms with van der Waals surface area (Å²) in [6.45, 7) is 0. The number of hydrogen-bond acceptors (Lipinski definition) is 4. The molecule has 0 unspecified atom stereocenters. The predicted octanol–water partition coefficient (Wildman–Crippen LogP) is 1.93. The van der Waals surface area contributed by atoms with Gasteiger partial charge in [0.2, 0.25) is 0 Å². The van der Waals surface area contributed by atoms with Crippen LogP contribution in [0.15, 0.2) is 0 Å². The van der Waals surface area contributed by atoms with Crippen LogP contribution in [-0.2, 0) is 3.97 Å². The van der Waals surface area contributed by atoms with Gasteiger partial charge < -0.3 is 0 Å². The van der Waals surface area contributed by atoms with Crippen LogP contribution in [0.25, 0.3) is 0 Å². The third kappa shape index (κ3) is 1.55. The van der Waals surface area contributed by atoms with E-state index in [4.69, 9.17) is 0 Å². The molecule has 0 aliphatic carbocycles. The standard InChI is InChI=1S/H3OPS3/c3-2(4)1-5-2/h2-4H. The molecule has 1 rings (SSSR count). The molecule has 1 aliphatic heterocycles. The summed E-state index contributed by atoms with van der Waals surface area (Å²) in [6, 6.07) is 0. The number of thiol groups is 2. The van der Waals surface area contributed by atoms with Crippen LogP contribution >= 0.6 is 41.3 Å². The van der Waals surface area contributed by atoms with Crippen LogP contribution < -0.4 is 0 Å². The maximum atomic E-state index is 4.68. The molecule has 5 heavy (non-hydrogen) atoms. The van der Waals surface area contributed by atoms with Gasteiger partial charge in [-0.1, -0.05) is 0 Å². The summed E-state index contributed by atoms with van der Waals surface area (Å²) in [4.78, 5) is 0. The van der Waals surface area contributed by atoms with Gasteiger partial charge in [0.15, 0.2) is 0 Å². The third-order valence-corrected chi connectivity index (χ3v) is 4.77. The molecule has 0 saturated carbocycles. The van der Waals surface area contributed by atoms with Gasteiger partial charge in [0.25, 0.3) is 0 Å². The minimum atomic E-state index is -1.56. The van der Waals surface area contributed by atoms with Gasteiger partial charge >= 0.3 is 45.2 Å². The summed E-state index contributed by atoms with van der Waals surface area (Å²) in [5, 5.41) is -1.56. The predicted molar refractivity (Wildman–Crippen MR) is 35.0 cm³/mol. The fourth-order valence-electron chi connectivity index (χ4n) is 0.0373. The summed E-state index contributed by atoms with van der Waals surface area (Å²) in [5.41, 5.74) is 0. The van der Waals surface area contributed by atoms with Crippen molar-refractivity contribution in [1.29, 1.82) is 0 Å².